The topological polar surface area (TPSA) is 73.9 Å². The maximum atomic E-state index is 11.7. The van der Waals surface area contributed by atoms with Gasteiger partial charge in [0.1, 0.15) is 25.6 Å². The predicted molar refractivity (Wildman–Crippen MR) is 151 cm³/mol. The molecule has 1 N–H and O–H groups in total. The van der Waals surface area contributed by atoms with Crippen LogP contribution in [0.15, 0.2) is 39.3 Å². The SMILES string of the molecule is C=CC(=O)OCCNC(=O)OCCOc1c(Br)cc(C(=C(C(C)C)C(C)C)C(C)C)cc1Br.CC. The molecule has 0 aliphatic rings. The Morgan fingerprint density at radius 2 is 1.46 bits per heavy atom. The largest absolute Gasteiger partial charge is 0.488 e. The molecule has 0 atom stereocenters. The van der Waals surface area contributed by atoms with Gasteiger partial charge in [-0.1, -0.05) is 67.5 Å². The van der Waals surface area contributed by atoms with Gasteiger partial charge in [0.2, 0.25) is 0 Å². The quantitative estimate of drug-likeness (QED) is 0.147. The molecular weight excluding hydrogens is 578 g/mol. The number of carbonyl (C=O) groups excluding carboxylic acids is 2. The Labute approximate surface area is 228 Å². The summed E-state index contributed by atoms with van der Waals surface area (Å²) in [6.45, 7) is 21.1. The van der Waals surface area contributed by atoms with Crippen molar-refractivity contribution >= 4 is 49.5 Å². The third kappa shape index (κ3) is 11.7. The molecule has 1 aromatic rings. The van der Waals surface area contributed by atoms with Gasteiger partial charge >= 0.3 is 12.1 Å². The van der Waals surface area contributed by atoms with Gasteiger partial charge in [0, 0.05) is 6.08 Å². The van der Waals surface area contributed by atoms with Crippen molar-refractivity contribution in [1.29, 1.82) is 0 Å². The number of carbonyl (C=O) groups is 2. The zero-order valence-electron chi connectivity index (χ0n) is 22.3. The first-order chi connectivity index (χ1) is 16.5. The molecule has 0 spiro atoms. The summed E-state index contributed by atoms with van der Waals surface area (Å²) < 4.78 is 17.3. The Morgan fingerprint density at radius 1 is 0.914 bits per heavy atom. The molecule has 0 bridgehead atoms. The lowest BCUT2D eigenvalue weighted by Gasteiger charge is -2.25. The third-order valence-electron chi connectivity index (χ3n) is 4.79. The van der Waals surface area contributed by atoms with Crippen molar-refractivity contribution in [2.75, 3.05) is 26.4 Å². The van der Waals surface area contributed by atoms with E-state index in [9.17, 15) is 9.59 Å². The molecular formula is C27H41Br2NO5. The van der Waals surface area contributed by atoms with E-state index in [0.717, 1.165) is 20.6 Å². The van der Waals surface area contributed by atoms with Crippen LogP contribution in [0.5, 0.6) is 5.75 Å². The van der Waals surface area contributed by atoms with Crippen molar-refractivity contribution in [3.05, 3.63) is 44.9 Å². The molecule has 1 rings (SSSR count). The Hall–Kier alpha value is -1.80. The van der Waals surface area contributed by atoms with Crippen LogP contribution in [0.2, 0.25) is 0 Å². The first-order valence-electron chi connectivity index (χ1n) is 12.0. The second-order valence-corrected chi connectivity index (χ2v) is 10.1. The summed E-state index contributed by atoms with van der Waals surface area (Å²) in [6, 6.07) is 4.16. The highest BCUT2D eigenvalue weighted by atomic mass is 79.9. The fourth-order valence-corrected chi connectivity index (χ4v) is 5.08. The Kier molecular flexibility index (Phi) is 16.7. The second-order valence-electron chi connectivity index (χ2n) is 8.38. The van der Waals surface area contributed by atoms with E-state index >= 15 is 0 Å². The van der Waals surface area contributed by atoms with Gasteiger partial charge in [-0.15, -0.1) is 0 Å². The molecule has 8 heteroatoms. The van der Waals surface area contributed by atoms with Gasteiger partial charge < -0.3 is 19.5 Å². The minimum absolute atomic E-state index is 0.0465. The summed E-state index contributed by atoms with van der Waals surface area (Å²) in [4.78, 5) is 22.6. The van der Waals surface area contributed by atoms with Gasteiger partial charge in [-0.25, -0.2) is 9.59 Å². The van der Waals surface area contributed by atoms with Crippen molar-refractivity contribution in [2.24, 2.45) is 17.8 Å². The summed E-state index contributed by atoms with van der Waals surface area (Å²) in [5, 5.41) is 2.49. The van der Waals surface area contributed by atoms with E-state index < -0.39 is 12.1 Å². The highest BCUT2D eigenvalue weighted by Gasteiger charge is 2.20. The Bertz CT molecular complexity index is 830. The van der Waals surface area contributed by atoms with Crippen LogP contribution >= 0.6 is 31.9 Å². The van der Waals surface area contributed by atoms with Crippen LogP contribution in [-0.2, 0) is 14.3 Å². The van der Waals surface area contributed by atoms with Gasteiger partial charge in [-0.3, -0.25) is 0 Å². The van der Waals surface area contributed by atoms with Crippen molar-refractivity contribution in [3.8, 4) is 5.75 Å². The molecule has 1 amide bonds. The number of rotatable bonds is 12. The van der Waals surface area contributed by atoms with Crippen LogP contribution in [0.3, 0.4) is 0 Å². The molecule has 1 aromatic carbocycles. The first kappa shape index (κ1) is 33.2. The zero-order chi connectivity index (χ0) is 27.1. The third-order valence-corrected chi connectivity index (χ3v) is 5.97. The number of hydrogen-bond acceptors (Lipinski definition) is 5. The lowest BCUT2D eigenvalue weighted by molar-refractivity contribution is -0.137. The van der Waals surface area contributed by atoms with Crippen LogP contribution < -0.4 is 10.1 Å². The summed E-state index contributed by atoms with van der Waals surface area (Å²) in [6.07, 6.45) is 0.453. The van der Waals surface area contributed by atoms with E-state index in [2.05, 4.69) is 97.4 Å². The maximum absolute atomic E-state index is 11.7. The monoisotopic (exact) mass is 617 g/mol. The molecule has 0 heterocycles. The molecule has 6 nitrogen and oxygen atoms in total. The number of amides is 1. The number of nitrogens with one attached hydrogen (secondary N) is 1. The average molecular weight is 619 g/mol. The van der Waals surface area contributed by atoms with Crippen LogP contribution in [0, 0.1) is 17.8 Å². The van der Waals surface area contributed by atoms with E-state index in [1.54, 1.807) is 0 Å². The molecule has 0 saturated carbocycles. The number of allylic oxidation sites excluding steroid dienone is 2. The summed E-state index contributed by atoms with van der Waals surface area (Å²) in [5.41, 5.74) is 3.96. The highest BCUT2D eigenvalue weighted by Crippen LogP contribution is 2.41. The van der Waals surface area contributed by atoms with Crippen LogP contribution in [0.25, 0.3) is 5.57 Å². The van der Waals surface area contributed by atoms with Crippen molar-refractivity contribution in [1.82, 2.24) is 5.32 Å². The minimum atomic E-state index is -0.608. The molecule has 0 aliphatic carbocycles. The van der Waals surface area contributed by atoms with Gasteiger partial charge in [-0.2, -0.15) is 0 Å². The van der Waals surface area contributed by atoms with Crippen LogP contribution in [-0.4, -0.2) is 38.4 Å². The standard InChI is InChI=1S/C25H35Br2NO5.C2H6/c1-8-21(29)31-10-9-28-25(30)33-12-11-32-24-19(26)13-18(14-20(24)27)23(17(6)7)22(15(2)3)16(4)5;1-2/h8,13-17H,1,9-12H2,2-7H3,(H,28,30);1-2H3. The van der Waals surface area contributed by atoms with Crippen LogP contribution in [0.1, 0.15) is 61.0 Å². The lowest BCUT2D eigenvalue weighted by atomic mass is 9.81. The molecule has 0 fully saturated rings. The zero-order valence-corrected chi connectivity index (χ0v) is 25.5. The summed E-state index contributed by atoms with van der Waals surface area (Å²) >= 11 is 7.27. The van der Waals surface area contributed by atoms with E-state index in [-0.39, 0.29) is 26.4 Å². The normalized spacial score (nSPS) is 10.4. The fraction of sp³-hybridized carbons (Fsp3) is 0.556. The number of ether oxygens (including phenoxy) is 3. The fourth-order valence-electron chi connectivity index (χ4n) is 3.67. The lowest BCUT2D eigenvalue weighted by Crippen LogP contribution is -2.29. The maximum Gasteiger partial charge on any atom is 0.407 e. The number of halogens is 2. The number of alkyl carbamates (subject to hydrolysis) is 1. The average Bonchev–Trinajstić information content (AvgIpc) is 2.79. The first-order valence-corrected chi connectivity index (χ1v) is 13.6. The Balaban J connectivity index is 0.00000562. The van der Waals surface area contributed by atoms with E-state index in [1.807, 2.05) is 13.8 Å². The number of benzene rings is 1. The molecule has 0 aromatic heterocycles. The number of hydrogen-bond donors (Lipinski definition) is 1. The predicted octanol–water partition coefficient (Wildman–Crippen LogP) is 7.79. The van der Waals surface area contributed by atoms with Crippen molar-refractivity contribution in [3.63, 3.8) is 0 Å². The van der Waals surface area contributed by atoms with Crippen LogP contribution in [0.4, 0.5) is 4.79 Å². The summed E-state index contributed by atoms with van der Waals surface area (Å²) in [5.74, 6) is 1.39. The highest BCUT2D eigenvalue weighted by molar-refractivity contribution is 9.11. The van der Waals surface area contributed by atoms with Gasteiger partial charge in [0.25, 0.3) is 0 Å². The van der Waals surface area contributed by atoms with Gasteiger partial charge in [0.15, 0.2) is 0 Å². The van der Waals surface area contributed by atoms with E-state index in [1.165, 1.54) is 11.1 Å². The van der Waals surface area contributed by atoms with Crippen molar-refractivity contribution < 1.29 is 23.8 Å². The smallest absolute Gasteiger partial charge is 0.407 e. The molecule has 0 radical (unpaired) electrons. The van der Waals surface area contributed by atoms with Gasteiger partial charge in [0.05, 0.1) is 15.5 Å². The van der Waals surface area contributed by atoms with E-state index in [0.29, 0.717) is 23.5 Å². The molecule has 0 aliphatic heterocycles. The number of esters is 1. The second kappa shape index (κ2) is 17.6. The molecule has 198 valence electrons. The minimum Gasteiger partial charge on any atom is -0.488 e. The summed E-state index contributed by atoms with van der Waals surface area (Å²) in [7, 11) is 0. The molecule has 0 saturated heterocycles. The molecule has 0 unspecified atom stereocenters. The Morgan fingerprint density at radius 3 is 1.91 bits per heavy atom. The molecule has 35 heavy (non-hydrogen) atoms. The van der Waals surface area contributed by atoms with E-state index in [4.69, 9.17) is 14.2 Å². The van der Waals surface area contributed by atoms with Crippen molar-refractivity contribution in [2.45, 2.75) is 55.4 Å². The van der Waals surface area contributed by atoms with Gasteiger partial charge in [-0.05, 0) is 72.9 Å².